The third-order valence-corrected chi connectivity index (χ3v) is 4.09. The van der Waals surface area contributed by atoms with Gasteiger partial charge in [-0.1, -0.05) is 17.7 Å². The Hall–Kier alpha value is -2.96. The number of aryl methyl sites for hydroxylation is 1. The van der Waals surface area contributed by atoms with E-state index >= 15 is 0 Å². The molecular formula is C17H17N5O2. The fourth-order valence-electron chi connectivity index (χ4n) is 2.59. The van der Waals surface area contributed by atoms with Crippen LogP contribution in [0.5, 0.6) is 0 Å². The van der Waals surface area contributed by atoms with E-state index in [1.165, 1.54) is 17.1 Å². The monoisotopic (exact) mass is 323 g/mol. The van der Waals surface area contributed by atoms with Crippen LogP contribution in [-0.2, 0) is 11.3 Å². The molecule has 0 unspecified atom stereocenters. The lowest BCUT2D eigenvalue weighted by Gasteiger charge is -2.07. The Kier molecular flexibility index (Phi) is 3.41. The van der Waals surface area contributed by atoms with Crippen LogP contribution in [0.2, 0.25) is 0 Å². The molecule has 2 aromatic heterocycles. The van der Waals surface area contributed by atoms with Gasteiger partial charge in [0.05, 0.1) is 11.9 Å². The normalized spacial score (nSPS) is 14.0. The molecule has 1 saturated carbocycles. The maximum atomic E-state index is 12.6. The minimum atomic E-state index is -0.260. The van der Waals surface area contributed by atoms with Crippen LogP contribution in [0.4, 0.5) is 0 Å². The molecule has 2 heterocycles. The summed E-state index contributed by atoms with van der Waals surface area (Å²) in [6.07, 6.45) is 4.94. The maximum absolute atomic E-state index is 12.6. The quantitative estimate of drug-likeness (QED) is 0.781. The highest BCUT2D eigenvalue weighted by molar-refractivity contribution is 5.78. The molecule has 0 spiro atoms. The van der Waals surface area contributed by atoms with Gasteiger partial charge in [-0.2, -0.15) is 5.10 Å². The largest absolute Gasteiger partial charge is 0.352 e. The highest BCUT2D eigenvalue weighted by atomic mass is 16.2. The molecule has 7 nitrogen and oxygen atoms in total. The third kappa shape index (κ3) is 2.68. The van der Waals surface area contributed by atoms with Gasteiger partial charge in [0.1, 0.15) is 18.3 Å². The number of nitrogens with zero attached hydrogens (tertiary/aromatic N) is 4. The van der Waals surface area contributed by atoms with Gasteiger partial charge in [0, 0.05) is 6.04 Å². The summed E-state index contributed by atoms with van der Waals surface area (Å²) in [4.78, 5) is 28.8. The van der Waals surface area contributed by atoms with Crippen LogP contribution in [0.25, 0.3) is 16.7 Å². The van der Waals surface area contributed by atoms with Gasteiger partial charge in [-0.15, -0.1) is 0 Å². The first-order chi connectivity index (χ1) is 11.6. The van der Waals surface area contributed by atoms with Gasteiger partial charge in [-0.05, 0) is 31.9 Å². The van der Waals surface area contributed by atoms with E-state index in [0.29, 0.717) is 11.0 Å². The predicted molar refractivity (Wildman–Crippen MR) is 89.0 cm³/mol. The molecule has 3 aromatic rings. The lowest BCUT2D eigenvalue weighted by atomic mass is 10.2. The van der Waals surface area contributed by atoms with Crippen molar-refractivity contribution in [3.8, 4) is 5.69 Å². The highest BCUT2D eigenvalue weighted by Gasteiger charge is 2.23. The Morgan fingerprint density at radius 1 is 1.29 bits per heavy atom. The third-order valence-electron chi connectivity index (χ3n) is 4.09. The molecule has 0 saturated heterocycles. The molecule has 0 aliphatic heterocycles. The molecule has 1 aromatic carbocycles. The van der Waals surface area contributed by atoms with Crippen LogP contribution in [0.15, 0.2) is 41.6 Å². The summed E-state index contributed by atoms with van der Waals surface area (Å²) in [6, 6.07) is 8.09. The topological polar surface area (TPSA) is 81.8 Å². The van der Waals surface area contributed by atoms with Gasteiger partial charge >= 0.3 is 0 Å². The number of rotatable bonds is 4. The van der Waals surface area contributed by atoms with Crippen LogP contribution in [0.3, 0.4) is 0 Å². The molecule has 24 heavy (non-hydrogen) atoms. The molecule has 0 radical (unpaired) electrons. The minimum absolute atomic E-state index is 0.0199. The van der Waals surface area contributed by atoms with Crippen molar-refractivity contribution in [2.45, 2.75) is 32.4 Å². The number of nitrogens with one attached hydrogen (secondary N) is 1. The van der Waals surface area contributed by atoms with Crippen molar-refractivity contribution in [3.05, 3.63) is 52.7 Å². The number of aromatic nitrogens is 4. The second kappa shape index (κ2) is 5.59. The number of fused-ring (bicyclic) bond motifs is 1. The Morgan fingerprint density at radius 3 is 2.75 bits per heavy atom. The van der Waals surface area contributed by atoms with E-state index < -0.39 is 0 Å². The van der Waals surface area contributed by atoms with E-state index in [1.54, 1.807) is 4.68 Å². The van der Waals surface area contributed by atoms with Crippen LogP contribution >= 0.6 is 0 Å². The molecule has 1 amide bonds. The summed E-state index contributed by atoms with van der Waals surface area (Å²) in [7, 11) is 0. The number of amides is 1. The zero-order valence-electron chi connectivity index (χ0n) is 13.3. The Balaban J connectivity index is 1.68. The van der Waals surface area contributed by atoms with Crippen LogP contribution in [0.1, 0.15) is 18.4 Å². The first kappa shape index (κ1) is 14.6. The van der Waals surface area contributed by atoms with E-state index in [9.17, 15) is 9.59 Å². The second-order valence-electron chi connectivity index (χ2n) is 6.15. The van der Waals surface area contributed by atoms with Crippen LogP contribution < -0.4 is 10.9 Å². The molecule has 0 atom stereocenters. The number of benzene rings is 1. The molecule has 4 rings (SSSR count). The average molecular weight is 323 g/mol. The van der Waals surface area contributed by atoms with Gasteiger partial charge < -0.3 is 5.32 Å². The van der Waals surface area contributed by atoms with Crippen molar-refractivity contribution < 1.29 is 4.79 Å². The first-order valence-corrected chi connectivity index (χ1v) is 7.91. The molecule has 0 bridgehead atoms. The van der Waals surface area contributed by atoms with Gasteiger partial charge in [-0.3, -0.25) is 14.2 Å². The number of hydrogen-bond donors (Lipinski definition) is 1. The summed E-state index contributed by atoms with van der Waals surface area (Å²) in [5.74, 6) is -0.160. The first-order valence-electron chi connectivity index (χ1n) is 7.91. The zero-order chi connectivity index (χ0) is 16.7. The lowest BCUT2D eigenvalue weighted by Crippen LogP contribution is -2.33. The van der Waals surface area contributed by atoms with Gasteiger partial charge in [-0.25, -0.2) is 9.67 Å². The molecule has 1 N–H and O–H groups in total. The Bertz CT molecular complexity index is 967. The number of carbonyl (C=O) groups is 1. The van der Waals surface area contributed by atoms with E-state index in [2.05, 4.69) is 15.4 Å². The maximum Gasteiger partial charge on any atom is 0.264 e. The van der Waals surface area contributed by atoms with Crippen LogP contribution in [0, 0.1) is 6.92 Å². The van der Waals surface area contributed by atoms with Gasteiger partial charge in [0.2, 0.25) is 5.91 Å². The van der Waals surface area contributed by atoms with Crippen molar-refractivity contribution in [2.75, 3.05) is 0 Å². The summed E-state index contributed by atoms with van der Waals surface area (Å²) in [5, 5.41) is 7.54. The van der Waals surface area contributed by atoms with Crippen molar-refractivity contribution in [1.82, 2.24) is 24.6 Å². The SMILES string of the molecule is Cc1ccc(-n2ncc3c(=O)n(CC(=O)NC4CC4)cnc32)cc1. The standard InChI is InChI=1S/C17H17N5O2/c1-11-2-6-13(7-3-11)22-16-14(8-19-22)17(24)21(10-18-16)9-15(23)20-12-4-5-12/h2-3,6-8,10,12H,4-5,9H2,1H3,(H,20,23). The summed E-state index contributed by atoms with van der Waals surface area (Å²) in [5.41, 5.74) is 2.21. The second-order valence-corrected chi connectivity index (χ2v) is 6.15. The molecule has 7 heteroatoms. The molecule has 1 aliphatic carbocycles. The zero-order valence-corrected chi connectivity index (χ0v) is 13.3. The van der Waals surface area contributed by atoms with Crippen molar-refractivity contribution in [2.24, 2.45) is 0 Å². The van der Waals surface area contributed by atoms with Crippen molar-refractivity contribution in [1.29, 1.82) is 0 Å². The van der Waals surface area contributed by atoms with E-state index in [0.717, 1.165) is 24.1 Å². The summed E-state index contributed by atoms with van der Waals surface area (Å²) in [6.45, 7) is 1.99. The smallest absolute Gasteiger partial charge is 0.264 e. The van der Waals surface area contributed by atoms with E-state index in [1.807, 2.05) is 31.2 Å². The molecule has 1 aliphatic rings. The Labute approximate surface area is 137 Å². The lowest BCUT2D eigenvalue weighted by molar-refractivity contribution is -0.121. The summed E-state index contributed by atoms with van der Waals surface area (Å²) < 4.78 is 2.95. The fourth-order valence-corrected chi connectivity index (χ4v) is 2.59. The van der Waals surface area contributed by atoms with Crippen molar-refractivity contribution in [3.63, 3.8) is 0 Å². The average Bonchev–Trinajstić information content (AvgIpc) is 3.26. The van der Waals surface area contributed by atoms with Crippen molar-refractivity contribution >= 4 is 16.9 Å². The van der Waals surface area contributed by atoms with Gasteiger partial charge in [0.25, 0.3) is 5.56 Å². The molecule has 1 fully saturated rings. The molecule has 122 valence electrons. The van der Waals surface area contributed by atoms with Crippen LogP contribution in [-0.4, -0.2) is 31.3 Å². The van der Waals surface area contributed by atoms with E-state index in [4.69, 9.17) is 0 Å². The molecular weight excluding hydrogens is 306 g/mol. The highest BCUT2D eigenvalue weighted by Crippen LogP contribution is 2.18. The van der Waals surface area contributed by atoms with E-state index in [-0.39, 0.29) is 24.1 Å². The minimum Gasteiger partial charge on any atom is -0.352 e. The van der Waals surface area contributed by atoms with Gasteiger partial charge in [0.15, 0.2) is 5.65 Å². The summed E-state index contributed by atoms with van der Waals surface area (Å²) >= 11 is 0. The fraction of sp³-hybridized carbons (Fsp3) is 0.294. The number of carbonyl (C=O) groups excluding carboxylic acids is 1. The Morgan fingerprint density at radius 2 is 2.04 bits per heavy atom. The predicted octanol–water partition coefficient (Wildman–Crippen LogP) is 1.17. The number of hydrogen-bond acceptors (Lipinski definition) is 4.